The number of hydrogen-bond donors (Lipinski definition) is 1. The molecule has 7 heteroatoms. The van der Waals surface area contributed by atoms with Gasteiger partial charge in [-0.25, -0.2) is 0 Å². The van der Waals surface area contributed by atoms with E-state index in [0.29, 0.717) is 10.4 Å². The molecule has 0 spiro atoms. The highest BCUT2D eigenvalue weighted by molar-refractivity contribution is 9.11. The normalized spacial score (nSPS) is 10.5. The minimum atomic E-state index is -0.432. The van der Waals surface area contributed by atoms with Crippen LogP contribution in [0.3, 0.4) is 0 Å². The Hall–Kier alpha value is -0.920. The Bertz CT molecular complexity index is 582. The van der Waals surface area contributed by atoms with Crippen LogP contribution in [-0.4, -0.2) is 17.0 Å². The van der Waals surface area contributed by atoms with Crippen LogP contribution < -0.4 is 9.86 Å². The highest BCUT2D eigenvalue weighted by Crippen LogP contribution is 2.33. The molecular formula is C10H9BrN2O2S2. The fraction of sp³-hybridized carbons (Fsp3) is 0.100. The molecule has 0 atom stereocenters. The Balaban J connectivity index is 2.23. The maximum atomic E-state index is 11.7. The molecule has 17 heavy (non-hydrogen) atoms. The average molecular weight is 333 g/mol. The quantitative estimate of drug-likeness (QED) is 0.693. The van der Waals surface area contributed by atoms with E-state index in [9.17, 15) is 10.0 Å². The van der Waals surface area contributed by atoms with Crippen molar-refractivity contribution < 1.29 is 5.21 Å². The second kappa shape index (κ2) is 5.16. The molecule has 2 aromatic heterocycles. The van der Waals surface area contributed by atoms with Crippen molar-refractivity contribution in [2.45, 2.75) is 4.21 Å². The van der Waals surface area contributed by atoms with Crippen LogP contribution in [0.25, 0.3) is 0 Å². The lowest BCUT2D eigenvalue weighted by atomic mass is 10.4. The van der Waals surface area contributed by atoms with Crippen molar-refractivity contribution in [3.63, 3.8) is 0 Å². The lowest BCUT2D eigenvalue weighted by Gasteiger charge is -2.15. The summed E-state index contributed by atoms with van der Waals surface area (Å²) >= 11 is 6.41. The molecule has 0 aromatic carbocycles. The first-order valence-electron chi connectivity index (χ1n) is 4.66. The monoisotopic (exact) mass is 332 g/mol. The predicted molar refractivity (Wildman–Crippen MR) is 74.2 cm³/mol. The van der Waals surface area contributed by atoms with E-state index in [1.807, 2.05) is 12.1 Å². The molecule has 0 saturated carbocycles. The zero-order valence-electron chi connectivity index (χ0n) is 8.83. The van der Waals surface area contributed by atoms with Crippen molar-refractivity contribution in [3.05, 3.63) is 44.6 Å². The van der Waals surface area contributed by atoms with Crippen LogP contribution in [0.1, 0.15) is 0 Å². The molecule has 90 valence electrons. The fourth-order valence-corrected chi connectivity index (χ4v) is 4.07. The highest BCUT2D eigenvalue weighted by atomic mass is 79.9. The molecule has 2 heterocycles. The van der Waals surface area contributed by atoms with Gasteiger partial charge in [0.2, 0.25) is 0 Å². The topological polar surface area (TPSA) is 45.5 Å². The summed E-state index contributed by atoms with van der Waals surface area (Å²) in [6, 6.07) is 7.22. The van der Waals surface area contributed by atoms with E-state index in [2.05, 4.69) is 15.9 Å². The Morgan fingerprint density at radius 2 is 2.24 bits per heavy atom. The molecule has 0 saturated heterocycles. The predicted octanol–water partition coefficient (Wildman–Crippen LogP) is 3.05. The lowest BCUT2D eigenvalue weighted by molar-refractivity contribution is 0.175. The van der Waals surface area contributed by atoms with Crippen molar-refractivity contribution in [3.8, 4) is 0 Å². The first-order chi connectivity index (χ1) is 8.08. The van der Waals surface area contributed by atoms with E-state index >= 15 is 0 Å². The van der Waals surface area contributed by atoms with Crippen LogP contribution in [0.15, 0.2) is 43.3 Å². The standard InChI is InChI=1S/C10H9BrN2O2S2/c1-12(17-9-5-4-8(11)16-9)7-3-2-6-13(15)10(7)14/h2-6,15H,1H3. The summed E-state index contributed by atoms with van der Waals surface area (Å²) in [7, 11) is 1.79. The largest absolute Gasteiger partial charge is 0.425 e. The summed E-state index contributed by atoms with van der Waals surface area (Å²) in [5, 5.41) is 9.28. The molecule has 1 N–H and O–H groups in total. The second-order valence-electron chi connectivity index (χ2n) is 3.19. The number of aromatic nitrogens is 1. The molecule has 2 rings (SSSR count). The van der Waals surface area contributed by atoms with E-state index in [1.54, 1.807) is 34.8 Å². The lowest BCUT2D eigenvalue weighted by Crippen LogP contribution is -2.23. The van der Waals surface area contributed by atoms with Crippen LogP contribution >= 0.6 is 39.2 Å². The van der Waals surface area contributed by atoms with Gasteiger partial charge in [0.15, 0.2) is 0 Å². The molecule has 0 radical (unpaired) electrons. The summed E-state index contributed by atoms with van der Waals surface area (Å²) in [5.41, 5.74) is 0.00245. The van der Waals surface area contributed by atoms with Crippen molar-refractivity contribution >= 4 is 44.9 Å². The second-order valence-corrected chi connectivity index (χ2v) is 7.08. The van der Waals surface area contributed by atoms with Crippen LogP contribution in [0.4, 0.5) is 5.69 Å². The van der Waals surface area contributed by atoms with E-state index in [1.165, 1.54) is 18.1 Å². The van der Waals surface area contributed by atoms with Gasteiger partial charge >= 0.3 is 5.56 Å². The van der Waals surface area contributed by atoms with Crippen LogP contribution in [0.5, 0.6) is 0 Å². The minimum Gasteiger partial charge on any atom is -0.425 e. The maximum absolute atomic E-state index is 11.7. The fourth-order valence-electron chi connectivity index (χ4n) is 1.24. The van der Waals surface area contributed by atoms with E-state index in [-0.39, 0.29) is 0 Å². The number of halogens is 1. The number of anilines is 1. The van der Waals surface area contributed by atoms with Crippen LogP contribution in [-0.2, 0) is 0 Å². The molecule has 2 aromatic rings. The van der Waals surface area contributed by atoms with E-state index in [4.69, 9.17) is 0 Å². The summed E-state index contributed by atoms with van der Waals surface area (Å²) in [6.45, 7) is 0. The van der Waals surface area contributed by atoms with Crippen molar-refractivity contribution in [1.82, 2.24) is 4.73 Å². The van der Waals surface area contributed by atoms with E-state index < -0.39 is 5.56 Å². The van der Waals surface area contributed by atoms with Gasteiger partial charge in [-0.05, 0) is 52.1 Å². The highest BCUT2D eigenvalue weighted by Gasteiger charge is 2.10. The third-order valence-corrected chi connectivity index (χ3v) is 4.70. The summed E-state index contributed by atoms with van der Waals surface area (Å²) < 4.78 is 4.41. The zero-order chi connectivity index (χ0) is 12.4. The SMILES string of the molecule is CN(Sc1ccc(Br)s1)c1cccn(O)c1=O. The minimum absolute atomic E-state index is 0.432. The molecule has 0 aliphatic rings. The molecule has 4 nitrogen and oxygen atoms in total. The van der Waals surface area contributed by atoms with E-state index in [0.717, 1.165) is 8.00 Å². The third kappa shape index (κ3) is 2.85. The van der Waals surface area contributed by atoms with Gasteiger partial charge in [0.1, 0.15) is 5.69 Å². The van der Waals surface area contributed by atoms with Gasteiger partial charge in [0, 0.05) is 13.2 Å². The van der Waals surface area contributed by atoms with Gasteiger partial charge in [-0.3, -0.25) is 4.79 Å². The van der Waals surface area contributed by atoms with Crippen molar-refractivity contribution in [2.75, 3.05) is 11.4 Å². The molecule has 0 amide bonds. The number of rotatable bonds is 3. The first kappa shape index (κ1) is 12.5. The van der Waals surface area contributed by atoms with Gasteiger partial charge in [0.05, 0.1) is 8.00 Å². The van der Waals surface area contributed by atoms with Gasteiger partial charge in [-0.1, -0.05) is 0 Å². The van der Waals surface area contributed by atoms with Crippen molar-refractivity contribution in [2.24, 2.45) is 0 Å². The Morgan fingerprint density at radius 1 is 1.47 bits per heavy atom. The van der Waals surface area contributed by atoms with Crippen LogP contribution in [0.2, 0.25) is 0 Å². The van der Waals surface area contributed by atoms with Crippen LogP contribution in [0, 0.1) is 0 Å². The Labute approximate surface area is 115 Å². The molecule has 0 unspecified atom stereocenters. The zero-order valence-corrected chi connectivity index (χ0v) is 12.1. The van der Waals surface area contributed by atoms with Gasteiger partial charge in [-0.15, -0.1) is 11.3 Å². The number of hydrogen-bond acceptors (Lipinski definition) is 5. The Kier molecular flexibility index (Phi) is 3.80. The molecule has 0 bridgehead atoms. The number of pyridine rings is 1. The van der Waals surface area contributed by atoms with Crippen molar-refractivity contribution in [1.29, 1.82) is 0 Å². The van der Waals surface area contributed by atoms with Gasteiger partial charge in [-0.2, -0.15) is 4.73 Å². The summed E-state index contributed by atoms with van der Waals surface area (Å²) in [6.07, 6.45) is 1.31. The van der Waals surface area contributed by atoms with Gasteiger partial charge in [0.25, 0.3) is 0 Å². The molecule has 0 aliphatic carbocycles. The Morgan fingerprint density at radius 3 is 2.88 bits per heavy atom. The molecule has 0 fully saturated rings. The third-order valence-electron chi connectivity index (χ3n) is 2.02. The molecular weight excluding hydrogens is 324 g/mol. The summed E-state index contributed by atoms with van der Waals surface area (Å²) in [5.74, 6) is 0. The summed E-state index contributed by atoms with van der Waals surface area (Å²) in [4.78, 5) is 11.7. The maximum Gasteiger partial charge on any atom is 0.307 e. The van der Waals surface area contributed by atoms with Gasteiger partial charge < -0.3 is 9.51 Å². The number of thiophene rings is 1. The smallest absolute Gasteiger partial charge is 0.307 e. The average Bonchev–Trinajstić information content (AvgIpc) is 2.68. The molecule has 0 aliphatic heterocycles. The number of nitrogens with zero attached hydrogens (tertiary/aromatic N) is 2. The first-order valence-corrected chi connectivity index (χ1v) is 7.04.